The minimum atomic E-state index is 0.666. The number of benzene rings is 1. The Hall–Kier alpha value is -1.32. The Morgan fingerprint density at radius 1 is 1.32 bits per heavy atom. The first kappa shape index (κ1) is 12.7. The number of nitrogens with one attached hydrogen (secondary N) is 1. The number of pyridine rings is 1. The largest absolute Gasteiger partial charge is 0.312 e. The maximum absolute atomic E-state index is 4.13. The van der Waals surface area contributed by atoms with Crippen molar-refractivity contribution < 1.29 is 0 Å². The first-order chi connectivity index (χ1) is 9.33. The van der Waals surface area contributed by atoms with E-state index in [0.29, 0.717) is 5.25 Å². The second kappa shape index (κ2) is 5.76. The fourth-order valence-corrected chi connectivity index (χ4v) is 3.72. The van der Waals surface area contributed by atoms with Gasteiger partial charge in [-0.2, -0.15) is 0 Å². The molecule has 0 bridgehead atoms. The van der Waals surface area contributed by atoms with Crippen LogP contribution in [0.2, 0.25) is 0 Å². The number of aromatic nitrogens is 1. The minimum absolute atomic E-state index is 0.666. The molecule has 0 fully saturated rings. The van der Waals surface area contributed by atoms with Crippen molar-refractivity contribution in [2.75, 3.05) is 6.54 Å². The molecule has 2 aromatic rings. The Bertz CT molecular complexity index is 543. The maximum atomic E-state index is 4.13. The highest BCUT2D eigenvalue weighted by molar-refractivity contribution is 8.00. The van der Waals surface area contributed by atoms with Crippen LogP contribution in [0.15, 0.2) is 47.6 Å². The summed E-state index contributed by atoms with van der Waals surface area (Å²) in [6, 6.07) is 10.8. The van der Waals surface area contributed by atoms with E-state index in [9.17, 15) is 0 Å². The molecular weight excluding hydrogens is 252 g/mol. The lowest BCUT2D eigenvalue weighted by Gasteiger charge is -2.11. The second-order valence-electron chi connectivity index (χ2n) is 4.98. The SMILES string of the molecule is Cc1cnccc1CNCC1Cc2ccccc2S1. The zero-order chi connectivity index (χ0) is 13.1. The molecular formula is C16H18N2S. The van der Waals surface area contributed by atoms with Crippen molar-refractivity contribution in [2.24, 2.45) is 0 Å². The zero-order valence-corrected chi connectivity index (χ0v) is 11.9. The molecule has 1 atom stereocenters. The summed E-state index contributed by atoms with van der Waals surface area (Å²) in [7, 11) is 0. The molecule has 0 saturated carbocycles. The van der Waals surface area contributed by atoms with Gasteiger partial charge in [-0.25, -0.2) is 0 Å². The van der Waals surface area contributed by atoms with Crippen LogP contribution in [0, 0.1) is 6.92 Å². The first-order valence-electron chi connectivity index (χ1n) is 6.67. The fraction of sp³-hybridized carbons (Fsp3) is 0.312. The molecule has 2 heterocycles. The van der Waals surface area contributed by atoms with Gasteiger partial charge < -0.3 is 5.32 Å². The molecule has 3 rings (SSSR count). The predicted molar refractivity (Wildman–Crippen MR) is 80.5 cm³/mol. The number of hydrogen-bond acceptors (Lipinski definition) is 3. The number of thioether (sulfide) groups is 1. The summed E-state index contributed by atoms with van der Waals surface area (Å²) >= 11 is 2.00. The first-order valence-corrected chi connectivity index (χ1v) is 7.55. The quantitative estimate of drug-likeness (QED) is 0.923. The van der Waals surface area contributed by atoms with Gasteiger partial charge in [0.25, 0.3) is 0 Å². The summed E-state index contributed by atoms with van der Waals surface area (Å²) in [4.78, 5) is 5.58. The van der Waals surface area contributed by atoms with Gasteiger partial charge in [0, 0.05) is 35.6 Å². The molecule has 98 valence electrons. The van der Waals surface area contributed by atoms with Crippen LogP contribution in [-0.2, 0) is 13.0 Å². The van der Waals surface area contributed by atoms with Gasteiger partial charge in [-0.15, -0.1) is 11.8 Å². The lowest BCUT2D eigenvalue weighted by Crippen LogP contribution is -2.24. The highest BCUT2D eigenvalue weighted by Gasteiger charge is 2.20. The molecule has 0 saturated heterocycles. The molecule has 1 aliphatic heterocycles. The molecule has 0 spiro atoms. The lowest BCUT2D eigenvalue weighted by molar-refractivity contribution is 0.662. The van der Waals surface area contributed by atoms with Gasteiger partial charge in [-0.05, 0) is 42.2 Å². The lowest BCUT2D eigenvalue weighted by atomic mass is 10.1. The van der Waals surface area contributed by atoms with Gasteiger partial charge in [-0.1, -0.05) is 18.2 Å². The molecule has 1 unspecified atom stereocenters. The van der Waals surface area contributed by atoms with Crippen molar-refractivity contribution in [1.29, 1.82) is 0 Å². The van der Waals surface area contributed by atoms with Crippen LogP contribution in [0.1, 0.15) is 16.7 Å². The topological polar surface area (TPSA) is 24.9 Å². The van der Waals surface area contributed by atoms with Gasteiger partial charge in [0.15, 0.2) is 0 Å². The van der Waals surface area contributed by atoms with Crippen molar-refractivity contribution in [1.82, 2.24) is 10.3 Å². The summed E-state index contributed by atoms with van der Waals surface area (Å²) in [5, 5.41) is 4.24. The molecule has 3 heteroatoms. The fourth-order valence-electron chi connectivity index (χ4n) is 2.44. The third kappa shape index (κ3) is 2.99. The van der Waals surface area contributed by atoms with E-state index in [2.05, 4.69) is 47.6 Å². The zero-order valence-electron chi connectivity index (χ0n) is 11.1. The predicted octanol–water partition coefficient (Wildman–Crippen LogP) is 3.20. The monoisotopic (exact) mass is 270 g/mol. The number of aryl methyl sites for hydroxylation is 1. The van der Waals surface area contributed by atoms with E-state index >= 15 is 0 Å². The highest BCUT2D eigenvalue weighted by Crippen LogP contribution is 2.36. The van der Waals surface area contributed by atoms with E-state index in [1.165, 1.54) is 28.0 Å². The highest BCUT2D eigenvalue weighted by atomic mass is 32.2. The van der Waals surface area contributed by atoms with Crippen molar-refractivity contribution in [3.63, 3.8) is 0 Å². The standard InChI is InChI=1S/C16H18N2S/c1-12-9-17-7-6-14(12)10-18-11-15-8-13-4-2-3-5-16(13)19-15/h2-7,9,15,18H,8,10-11H2,1H3. The molecule has 0 radical (unpaired) electrons. The van der Waals surface area contributed by atoms with Gasteiger partial charge in [0.05, 0.1) is 0 Å². The smallest absolute Gasteiger partial charge is 0.0300 e. The molecule has 0 amide bonds. The summed E-state index contributed by atoms with van der Waals surface area (Å²) in [6.45, 7) is 4.10. The maximum Gasteiger partial charge on any atom is 0.0300 e. The van der Waals surface area contributed by atoms with E-state index in [-0.39, 0.29) is 0 Å². The number of nitrogens with zero attached hydrogens (tertiary/aromatic N) is 1. The van der Waals surface area contributed by atoms with Crippen LogP contribution >= 0.6 is 11.8 Å². The second-order valence-corrected chi connectivity index (χ2v) is 6.33. The average molecular weight is 270 g/mol. The Kier molecular flexibility index (Phi) is 3.85. The van der Waals surface area contributed by atoms with Gasteiger partial charge >= 0.3 is 0 Å². The van der Waals surface area contributed by atoms with Crippen LogP contribution in [-0.4, -0.2) is 16.8 Å². The Balaban J connectivity index is 1.51. The normalized spacial score (nSPS) is 17.4. The van der Waals surface area contributed by atoms with Gasteiger partial charge in [0.2, 0.25) is 0 Å². The van der Waals surface area contributed by atoms with Crippen molar-refractivity contribution in [3.8, 4) is 0 Å². The molecule has 1 aromatic heterocycles. The summed E-state index contributed by atoms with van der Waals surface area (Å²) < 4.78 is 0. The third-order valence-electron chi connectivity index (χ3n) is 3.54. The van der Waals surface area contributed by atoms with E-state index in [1.54, 1.807) is 0 Å². The number of fused-ring (bicyclic) bond motifs is 1. The Morgan fingerprint density at radius 3 is 3.05 bits per heavy atom. The Morgan fingerprint density at radius 2 is 2.21 bits per heavy atom. The van der Waals surface area contributed by atoms with Crippen molar-refractivity contribution in [2.45, 2.75) is 30.0 Å². The van der Waals surface area contributed by atoms with Crippen molar-refractivity contribution in [3.05, 3.63) is 59.4 Å². The molecule has 1 aliphatic rings. The van der Waals surface area contributed by atoms with Crippen LogP contribution in [0.5, 0.6) is 0 Å². The van der Waals surface area contributed by atoms with E-state index < -0.39 is 0 Å². The van der Waals surface area contributed by atoms with Crippen LogP contribution in [0.3, 0.4) is 0 Å². The Labute approximate surface area is 118 Å². The number of rotatable bonds is 4. The molecule has 2 nitrogen and oxygen atoms in total. The van der Waals surface area contributed by atoms with Gasteiger partial charge in [0.1, 0.15) is 0 Å². The van der Waals surface area contributed by atoms with E-state index in [1.807, 2.05) is 24.2 Å². The number of hydrogen-bond donors (Lipinski definition) is 1. The van der Waals surface area contributed by atoms with Gasteiger partial charge in [-0.3, -0.25) is 4.98 Å². The van der Waals surface area contributed by atoms with Crippen LogP contribution in [0.25, 0.3) is 0 Å². The average Bonchev–Trinajstić information content (AvgIpc) is 2.83. The third-order valence-corrected chi connectivity index (χ3v) is 4.86. The summed E-state index contributed by atoms with van der Waals surface area (Å²) in [5.74, 6) is 0. The van der Waals surface area contributed by atoms with E-state index in [0.717, 1.165) is 13.1 Å². The minimum Gasteiger partial charge on any atom is -0.312 e. The summed E-state index contributed by atoms with van der Waals surface area (Å²) in [6.07, 6.45) is 4.98. The molecule has 1 aromatic carbocycles. The van der Waals surface area contributed by atoms with Crippen LogP contribution < -0.4 is 5.32 Å². The van der Waals surface area contributed by atoms with Crippen molar-refractivity contribution >= 4 is 11.8 Å². The molecule has 0 aliphatic carbocycles. The van der Waals surface area contributed by atoms with Crippen LogP contribution in [0.4, 0.5) is 0 Å². The molecule has 1 N–H and O–H groups in total. The van der Waals surface area contributed by atoms with E-state index in [4.69, 9.17) is 0 Å². The molecule has 19 heavy (non-hydrogen) atoms. The summed E-state index contributed by atoms with van der Waals surface area (Å²) in [5.41, 5.74) is 4.10.